The first-order valence-corrected chi connectivity index (χ1v) is 12.3. The molecule has 0 saturated carbocycles. The summed E-state index contributed by atoms with van der Waals surface area (Å²) in [7, 11) is 0. The Morgan fingerprint density at radius 2 is 1.38 bits per heavy atom. The van der Waals surface area contributed by atoms with E-state index in [9.17, 15) is 14.4 Å². The summed E-state index contributed by atoms with van der Waals surface area (Å²) in [5.41, 5.74) is 2.77. The number of fused-ring (bicyclic) bond motifs is 1. The van der Waals surface area contributed by atoms with Crippen molar-refractivity contribution in [1.82, 2.24) is 0 Å². The second-order valence-corrected chi connectivity index (χ2v) is 8.87. The first-order chi connectivity index (χ1) is 18.8. The van der Waals surface area contributed by atoms with Crippen molar-refractivity contribution in [2.45, 2.75) is 13.8 Å². The Morgan fingerprint density at radius 1 is 0.718 bits per heavy atom. The molecular formula is C32H28O7. The lowest BCUT2D eigenvalue weighted by Gasteiger charge is -2.10. The van der Waals surface area contributed by atoms with E-state index in [0.717, 1.165) is 21.9 Å². The van der Waals surface area contributed by atoms with Crippen molar-refractivity contribution in [2.75, 3.05) is 19.8 Å². The largest absolute Gasteiger partial charge is 0.491 e. The molecule has 0 aliphatic heterocycles. The van der Waals surface area contributed by atoms with Crippen molar-refractivity contribution in [3.8, 4) is 17.2 Å². The van der Waals surface area contributed by atoms with Crippen molar-refractivity contribution >= 4 is 28.5 Å². The number of ketones is 1. The van der Waals surface area contributed by atoms with Gasteiger partial charge in [-0.05, 0) is 90.9 Å². The third kappa shape index (κ3) is 7.40. The number of esters is 2. The molecule has 0 aliphatic carbocycles. The Labute approximate surface area is 226 Å². The van der Waals surface area contributed by atoms with Crippen molar-refractivity contribution in [2.24, 2.45) is 0 Å². The van der Waals surface area contributed by atoms with Crippen LogP contribution in [-0.4, -0.2) is 37.5 Å². The van der Waals surface area contributed by atoms with Crippen molar-refractivity contribution in [1.29, 1.82) is 0 Å². The number of ether oxygens (including phenoxy) is 4. The van der Waals surface area contributed by atoms with E-state index in [1.165, 1.54) is 6.08 Å². The van der Waals surface area contributed by atoms with Crippen LogP contribution in [0.1, 0.15) is 31.8 Å². The highest BCUT2D eigenvalue weighted by atomic mass is 16.5. The van der Waals surface area contributed by atoms with Crippen LogP contribution in [0.4, 0.5) is 0 Å². The van der Waals surface area contributed by atoms with Crippen molar-refractivity contribution < 1.29 is 33.3 Å². The van der Waals surface area contributed by atoms with Gasteiger partial charge in [-0.1, -0.05) is 36.4 Å². The Hall–Kier alpha value is -4.75. The second kappa shape index (κ2) is 12.7. The quantitative estimate of drug-likeness (QED) is 0.102. The monoisotopic (exact) mass is 524 g/mol. The van der Waals surface area contributed by atoms with Crippen molar-refractivity contribution in [3.05, 3.63) is 114 Å². The molecule has 7 heteroatoms. The van der Waals surface area contributed by atoms with E-state index < -0.39 is 11.9 Å². The summed E-state index contributed by atoms with van der Waals surface area (Å²) < 4.78 is 21.8. The molecule has 4 aromatic carbocycles. The normalized spacial score (nSPS) is 10.6. The Kier molecular flexibility index (Phi) is 8.86. The van der Waals surface area contributed by atoms with Crippen LogP contribution in [0.2, 0.25) is 0 Å². The number of aryl methyl sites for hydroxylation is 2. The van der Waals surface area contributed by atoms with Gasteiger partial charge in [0.05, 0.1) is 17.7 Å². The number of hydrogen-bond donors (Lipinski definition) is 0. The molecule has 0 unspecified atom stereocenters. The van der Waals surface area contributed by atoms with Crippen LogP contribution in [0.15, 0.2) is 91.5 Å². The molecule has 0 aliphatic rings. The topological polar surface area (TPSA) is 88.1 Å². The number of hydrogen-bond acceptors (Lipinski definition) is 7. The van der Waals surface area contributed by atoms with Gasteiger partial charge in [0, 0.05) is 0 Å². The van der Waals surface area contributed by atoms with Crippen molar-refractivity contribution in [3.63, 3.8) is 0 Å². The molecule has 0 N–H and O–H groups in total. The molecule has 0 bridgehead atoms. The maximum Gasteiger partial charge on any atom is 0.343 e. The van der Waals surface area contributed by atoms with Crippen LogP contribution in [0.5, 0.6) is 17.2 Å². The van der Waals surface area contributed by atoms with Gasteiger partial charge in [-0.3, -0.25) is 4.79 Å². The number of benzene rings is 4. The first kappa shape index (κ1) is 27.3. The lowest BCUT2D eigenvalue weighted by Crippen LogP contribution is -2.12. The summed E-state index contributed by atoms with van der Waals surface area (Å²) in [6.07, 6.45) is 1.21. The Bertz CT molecular complexity index is 1520. The Balaban J connectivity index is 1.34. The molecule has 198 valence electrons. The van der Waals surface area contributed by atoms with E-state index in [2.05, 4.69) is 6.58 Å². The van der Waals surface area contributed by atoms with Gasteiger partial charge in [0.15, 0.2) is 5.78 Å². The minimum absolute atomic E-state index is 0.0339. The van der Waals surface area contributed by atoms with Gasteiger partial charge in [0.2, 0.25) is 0 Å². The zero-order chi connectivity index (χ0) is 27.8. The molecular weight excluding hydrogens is 496 g/mol. The minimum Gasteiger partial charge on any atom is -0.491 e. The zero-order valence-electron chi connectivity index (χ0n) is 21.8. The molecule has 0 aromatic heterocycles. The van der Waals surface area contributed by atoms with Gasteiger partial charge < -0.3 is 18.9 Å². The third-order valence-corrected chi connectivity index (χ3v) is 5.85. The predicted octanol–water partition coefficient (Wildman–Crippen LogP) is 6.05. The number of carbonyl (C=O) groups is 3. The van der Waals surface area contributed by atoms with Gasteiger partial charge in [-0.25, -0.2) is 9.59 Å². The Morgan fingerprint density at radius 3 is 2.13 bits per heavy atom. The van der Waals surface area contributed by atoms with E-state index in [1.54, 1.807) is 66.7 Å². The SMILES string of the molecule is C=CC(=O)COCCOc1ccc(C(=O)Oc2ccc3cc(C(=O)Oc4ccc(C)cc4C)ccc3c2)cc1. The highest BCUT2D eigenvalue weighted by Gasteiger charge is 2.13. The van der Waals surface area contributed by atoms with Gasteiger partial charge in [-0.2, -0.15) is 0 Å². The van der Waals surface area contributed by atoms with E-state index in [0.29, 0.717) is 28.4 Å². The summed E-state index contributed by atoms with van der Waals surface area (Å²) in [6, 6.07) is 22.6. The number of rotatable bonds is 11. The van der Waals surface area contributed by atoms with Gasteiger partial charge >= 0.3 is 11.9 Å². The van der Waals surface area contributed by atoms with E-state index in [1.807, 2.05) is 26.0 Å². The highest BCUT2D eigenvalue weighted by Crippen LogP contribution is 2.25. The predicted molar refractivity (Wildman–Crippen MR) is 148 cm³/mol. The molecule has 39 heavy (non-hydrogen) atoms. The maximum atomic E-state index is 12.7. The van der Waals surface area contributed by atoms with Gasteiger partial charge in [0.25, 0.3) is 0 Å². The highest BCUT2D eigenvalue weighted by molar-refractivity contribution is 5.97. The van der Waals surface area contributed by atoms with Crippen LogP contribution in [0, 0.1) is 13.8 Å². The third-order valence-electron chi connectivity index (χ3n) is 5.85. The zero-order valence-corrected chi connectivity index (χ0v) is 21.8. The molecule has 0 heterocycles. The number of carbonyl (C=O) groups excluding carboxylic acids is 3. The fourth-order valence-corrected chi connectivity index (χ4v) is 3.79. The van der Waals surface area contributed by atoms with Crippen LogP contribution in [0.25, 0.3) is 10.8 Å². The van der Waals surface area contributed by atoms with E-state index in [4.69, 9.17) is 18.9 Å². The van der Waals surface area contributed by atoms with Crippen LogP contribution in [-0.2, 0) is 9.53 Å². The summed E-state index contributed by atoms with van der Waals surface area (Å²) >= 11 is 0. The standard InChI is InChI=1S/C32H28O7/c1-4-27(33)20-36-15-16-37-28-11-8-23(9-12-28)31(34)38-29-13-10-24-18-26(7-6-25(24)19-29)32(35)39-30-14-5-21(2)17-22(30)3/h4-14,17-19H,1,15-16,20H2,2-3H3. The molecule has 0 fully saturated rings. The average molecular weight is 525 g/mol. The van der Waals surface area contributed by atoms with Crippen LogP contribution < -0.4 is 14.2 Å². The molecule has 0 amide bonds. The summed E-state index contributed by atoms with van der Waals surface area (Å²) in [5.74, 6) is 0.316. The molecule has 4 rings (SSSR count). The fraction of sp³-hybridized carbons (Fsp3) is 0.156. The molecule has 0 spiro atoms. The first-order valence-electron chi connectivity index (χ1n) is 12.3. The summed E-state index contributed by atoms with van der Waals surface area (Å²) in [4.78, 5) is 36.4. The second-order valence-electron chi connectivity index (χ2n) is 8.87. The molecule has 0 radical (unpaired) electrons. The smallest absolute Gasteiger partial charge is 0.343 e. The lowest BCUT2D eigenvalue weighted by atomic mass is 10.1. The average Bonchev–Trinajstić information content (AvgIpc) is 2.94. The fourth-order valence-electron chi connectivity index (χ4n) is 3.79. The lowest BCUT2D eigenvalue weighted by molar-refractivity contribution is -0.119. The van der Waals surface area contributed by atoms with E-state index in [-0.39, 0.29) is 25.6 Å². The minimum atomic E-state index is -0.513. The molecule has 7 nitrogen and oxygen atoms in total. The molecule has 4 aromatic rings. The maximum absolute atomic E-state index is 12.7. The molecule has 0 atom stereocenters. The van der Waals surface area contributed by atoms with Gasteiger partial charge in [0.1, 0.15) is 30.5 Å². The molecule has 0 saturated heterocycles. The van der Waals surface area contributed by atoms with Crippen LogP contribution in [0.3, 0.4) is 0 Å². The van der Waals surface area contributed by atoms with E-state index >= 15 is 0 Å². The van der Waals surface area contributed by atoms with Gasteiger partial charge in [-0.15, -0.1) is 0 Å². The van der Waals surface area contributed by atoms with Crippen LogP contribution >= 0.6 is 0 Å². The summed E-state index contributed by atoms with van der Waals surface area (Å²) in [6.45, 7) is 7.74. The summed E-state index contributed by atoms with van der Waals surface area (Å²) in [5, 5.41) is 1.62.